The number of amidine groups is 1. The summed E-state index contributed by atoms with van der Waals surface area (Å²) >= 11 is 0. The Hall–Kier alpha value is -1.26. The van der Waals surface area contributed by atoms with Crippen molar-refractivity contribution >= 4 is 11.9 Å². The van der Waals surface area contributed by atoms with Crippen LogP contribution < -0.4 is 11.1 Å². The normalized spacial score (nSPS) is 13.1. The lowest BCUT2D eigenvalue weighted by Gasteiger charge is -2.21. The highest BCUT2D eigenvalue weighted by Gasteiger charge is 2.17. The molecule has 0 aliphatic heterocycles. The van der Waals surface area contributed by atoms with Gasteiger partial charge in [0.25, 0.3) is 0 Å². The number of rotatable bonds is 3. The Balaban J connectivity index is 3.89. The lowest BCUT2D eigenvalue weighted by Crippen LogP contribution is -2.39. The zero-order chi connectivity index (χ0) is 11.4. The molecule has 5 nitrogen and oxygen atoms in total. The first-order valence-electron chi connectivity index (χ1n) is 4.53. The van der Waals surface area contributed by atoms with Crippen LogP contribution >= 0.6 is 0 Å². The van der Waals surface area contributed by atoms with E-state index in [0.29, 0.717) is 6.42 Å². The monoisotopic (exact) mass is 201 g/mol. The van der Waals surface area contributed by atoms with Crippen molar-refractivity contribution in [2.75, 3.05) is 0 Å². The molecule has 0 bridgehead atoms. The van der Waals surface area contributed by atoms with Gasteiger partial charge in [-0.25, -0.2) is 4.79 Å². The molecule has 1 amide bonds. The minimum atomic E-state index is -0.500. The summed E-state index contributed by atoms with van der Waals surface area (Å²) in [5, 5.41) is 9.62. The largest absolute Gasteiger partial charge is 0.444 e. The van der Waals surface area contributed by atoms with Crippen LogP contribution in [0.5, 0.6) is 0 Å². The zero-order valence-electron chi connectivity index (χ0n) is 9.18. The fourth-order valence-corrected chi connectivity index (χ4v) is 0.890. The van der Waals surface area contributed by atoms with Crippen LogP contribution in [-0.2, 0) is 4.74 Å². The van der Waals surface area contributed by atoms with Gasteiger partial charge in [-0.2, -0.15) is 0 Å². The van der Waals surface area contributed by atoms with Gasteiger partial charge in [-0.15, -0.1) is 0 Å². The maximum atomic E-state index is 11.2. The summed E-state index contributed by atoms with van der Waals surface area (Å²) in [5.41, 5.74) is 4.69. The molecule has 0 aromatic rings. The molecule has 0 saturated carbocycles. The van der Waals surface area contributed by atoms with Crippen LogP contribution in [0.25, 0.3) is 0 Å². The third kappa shape index (κ3) is 7.39. The Morgan fingerprint density at radius 1 is 1.57 bits per heavy atom. The third-order valence-corrected chi connectivity index (χ3v) is 1.29. The molecule has 82 valence electrons. The summed E-state index contributed by atoms with van der Waals surface area (Å²) in [7, 11) is 0. The van der Waals surface area contributed by atoms with Gasteiger partial charge in [0, 0.05) is 12.5 Å². The average molecular weight is 201 g/mol. The third-order valence-electron chi connectivity index (χ3n) is 1.29. The Morgan fingerprint density at radius 2 is 2.07 bits per heavy atom. The molecular formula is C9H19N3O2. The molecule has 0 fully saturated rings. The molecule has 0 heterocycles. The molecule has 4 N–H and O–H groups in total. The number of hydrogen-bond acceptors (Lipinski definition) is 3. The first-order chi connectivity index (χ1) is 6.20. The van der Waals surface area contributed by atoms with Gasteiger partial charge in [-0.3, -0.25) is 5.41 Å². The molecule has 0 spiro atoms. The second-order valence-corrected chi connectivity index (χ2v) is 4.28. The number of nitrogens with one attached hydrogen (secondary N) is 2. The van der Waals surface area contributed by atoms with Gasteiger partial charge in [0.2, 0.25) is 0 Å². The van der Waals surface area contributed by atoms with Crippen molar-refractivity contribution in [3.63, 3.8) is 0 Å². The van der Waals surface area contributed by atoms with Gasteiger partial charge in [-0.05, 0) is 27.7 Å². The Bertz CT molecular complexity index is 221. The molecule has 5 heteroatoms. The summed E-state index contributed by atoms with van der Waals surface area (Å²) in [6.45, 7) is 7.15. The van der Waals surface area contributed by atoms with E-state index in [-0.39, 0.29) is 11.9 Å². The van der Waals surface area contributed by atoms with Crippen LogP contribution in [-0.4, -0.2) is 23.6 Å². The number of amides is 1. The number of carbonyl (C=O) groups excluding carboxylic acids is 1. The van der Waals surface area contributed by atoms with Crippen molar-refractivity contribution in [3.05, 3.63) is 0 Å². The highest BCUT2D eigenvalue weighted by atomic mass is 16.6. The van der Waals surface area contributed by atoms with Crippen LogP contribution in [0.15, 0.2) is 0 Å². The predicted octanol–water partition coefficient (Wildman–Crippen LogP) is 1.23. The van der Waals surface area contributed by atoms with E-state index in [1.807, 2.05) is 0 Å². The Kier molecular flexibility index (Phi) is 4.40. The molecule has 0 rings (SSSR count). The van der Waals surface area contributed by atoms with Crippen molar-refractivity contribution in [1.82, 2.24) is 5.32 Å². The first kappa shape index (κ1) is 12.7. The lowest BCUT2D eigenvalue weighted by molar-refractivity contribution is 0.0510. The molecule has 0 aliphatic carbocycles. The number of ether oxygens (including phenoxy) is 1. The number of carbonyl (C=O) groups is 1. The maximum absolute atomic E-state index is 11.2. The van der Waals surface area contributed by atoms with Crippen LogP contribution in [0.2, 0.25) is 0 Å². The summed E-state index contributed by atoms with van der Waals surface area (Å²) in [6.07, 6.45) is -0.148. The summed E-state index contributed by atoms with van der Waals surface area (Å²) in [5.74, 6) is 0.0496. The van der Waals surface area contributed by atoms with E-state index in [4.69, 9.17) is 15.9 Å². The Morgan fingerprint density at radius 3 is 2.43 bits per heavy atom. The predicted molar refractivity (Wildman–Crippen MR) is 55.4 cm³/mol. The summed E-state index contributed by atoms with van der Waals surface area (Å²) < 4.78 is 5.03. The summed E-state index contributed by atoms with van der Waals surface area (Å²) in [6, 6.07) is -0.178. The molecule has 0 aromatic carbocycles. The molecule has 0 aromatic heterocycles. The van der Waals surface area contributed by atoms with Crippen molar-refractivity contribution < 1.29 is 9.53 Å². The zero-order valence-corrected chi connectivity index (χ0v) is 9.18. The van der Waals surface area contributed by atoms with Gasteiger partial charge in [0.1, 0.15) is 5.60 Å². The maximum Gasteiger partial charge on any atom is 0.407 e. The van der Waals surface area contributed by atoms with E-state index in [1.54, 1.807) is 27.7 Å². The highest BCUT2D eigenvalue weighted by Crippen LogP contribution is 2.06. The SMILES string of the molecule is C[C@H](CC(=N)N)NC(=O)OC(C)(C)C. The van der Waals surface area contributed by atoms with Crippen molar-refractivity contribution in [2.24, 2.45) is 5.73 Å². The average Bonchev–Trinajstić information content (AvgIpc) is 1.77. The second-order valence-electron chi connectivity index (χ2n) is 4.28. The van der Waals surface area contributed by atoms with Gasteiger partial charge >= 0.3 is 6.09 Å². The molecule has 0 saturated heterocycles. The van der Waals surface area contributed by atoms with E-state index in [1.165, 1.54) is 0 Å². The first-order valence-corrected chi connectivity index (χ1v) is 4.53. The lowest BCUT2D eigenvalue weighted by atomic mass is 10.2. The minimum absolute atomic E-state index is 0.0496. The minimum Gasteiger partial charge on any atom is -0.444 e. The number of nitrogens with two attached hydrogens (primary N) is 1. The molecule has 0 radical (unpaired) electrons. The fourth-order valence-electron chi connectivity index (χ4n) is 0.890. The number of hydrogen-bond donors (Lipinski definition) is 3. The van der Waals surface area contributed by atoms with E-state index < -0.39 is 11.7 Å². The van der Waals surface area contributed by atoms with Crippen molar-refractivity contribution in [1.29, 1.82) is 5.41 Å². The van der Waals surface area contributed by atoms with Gasteiger partial charge in [-0.1, -0.05) is 0 Å². The second kappa shape index (κ2) is 4.83. The van der Waals surface area contributed by atoms with E-state index in [2.05, 4.69) is 5.32 Å². The Labute approximate surface area is 84.5 Å². The molecular weight excluding hydrogens is 182 g/mol. The molecule has 0 unspecified atom stereocenters. The van der Waals surface area contributed by atoms with Crippen LogP contribution in [0.4, 0.5) is 4.79 Å². The van der Waals surface area contributed by atoms with Gasteiger partial charge in [0.05, 0.1) is 5.84 Å². The molecule has 1 atom stereocenters. The van der Waals surface area contributed by atoms with Crippen LogP contribution in [0.1, 0.15) is 34.1 Å². The standard InChI is InChI=1S/C9H19N3O2/c1-6(5-7(10)11)12-8(13)14-9(2,3)4/h6H,5H2,1-4H3,(H3,10,11)(H,12,13)/t6-/m1/s1. The highest BCUT2D eigenvalue weighted by molar-refractivity contribution is 5.78. The van der Waals surface area contributed by atoms with Crippen molar-refractivity contribution in [3.8, 4) is 0 Å². The molecule has 14 heavy (non-hydrogen) atoms. The molecule has 0 aliphatic rings. The van der Waals surface area contributed by atoms with Gasteiger partial charge in [0.15, 0.2) is 0 Å². The van der Waals surface area contributed by atoms with E-state index in [9.17, 15) is 4.79 Å². The number of alkyl carbamates (subject to hydrolysis) is 1. The van der Waals surface area contributed by atoms with Crippen LogP contribution in [0, 0.1) is 5.41 Å². The smallest absolute Gasteiger partial charge is 0.407 e. The quantitative estimate of drug-likeness (QED) is 0.474. The van der Waals surface area contributed by atoms with E-state index in [0.717, 1.165) is 0 Å². The van der Waals surface area contributed by atoms with Gasteiger partial charge < -0.3 is 15.8 Å². The summed E-state index contributed by atoms with van der Waals surface area (Å²) in [4.78, 5) is 11.2. The van der Waals surface area contributed by atoms with Crippen LogP contribution in [0.3, 0.4) is 0 Å². The fraction of sp³-hybridized carbons (Fsp3) is 0.778. The topological polar surface area (TPSA) is 88.2 Å². The van der Waals surface area contributed by atoms with Crippen molar-refractivity contribution in [2.45, 2.75) is 45.8 Å². The van der Waals surface area contributed by atoms with E-state index >= 15 is 0 Å².